The fourth-order valence-electron chi connectivity index (χ4n) is 4.74. The Hall–Kier alpha value is -4.17. The lowest BCUT2D eigenvalue weighted by Crippen LogP contribution is -2.34. The number of rotatable bonds is 20. The zero-order valence-electron chi connectivity index (χ0n) is 28.7. The Morgan fingerprint density at radius 3 is 1.94 bits per heavy atom. The maximum Gasteiger partial charge on any atom is 0.407 e. The van der Waals surface area contributed by atoms with E-state index in [-0.39, 0.29) is 27.9 Å². The molecule has 1 amide bonds. The number of halogens is 2. The fourth-order valence-corrected chi connectivity index (χ4v) is 4.74. The molecule has 0 saturated heterocycles. The number of benzene rings is 2. The number of ketones is 1. The van der Waals surface area contributed by atoms with Crippen LogP contribution in [0.3, 0.4) is 0 Å². The van der Waals surface area contributed by atoms with Crippen molar-refractivity contribution in [2.45, 2.75) is 46.1 Å². The van der Waals surface area contributed by atoms with Crippen molar-refractivity contribution in [3.05, 3.63) is 82.2 Å². The van der Waals surface area contributed by atoms with E-state index < -0.39 is 35.1 Å². The molecule has 268 valence electrons. The summed E-state index contributed by atoms with van der Waals surface area (Å²) in [6.07, 6.45) is 2.26. The molecule has 0 saturated carbocycles. The Morgan fingerprint density at radius 2 is 1.35 bits per heavy atom. The lowest BCUT2D eigenvalue weighted by Gasteiger charge is -2.19. The SMILES string of the molecule is COC(=O)c1c[nH]c(C(=O)c2ccc(CCCOCCOCCOCCOCCNC(=O)OC(C)(C)C)cc2)c1-c1c(F)ccc(F)c1C. The average molecular weight is 689 g/mol. The number of aromatic nitrogens is 1. The van der Waals surface area contributed by atoms with Crippen molar-refractivity contribution in [1.29, 1.82) is 0 Å². The van der Waals surface area contributed by atoms with Gasteiger partial charge in [-0.15, -0.1) is 0 Å². The van der Waals surface area contributed by atoms with E-state index in [1.165, 1.54) is 20.2 Å². The van der Waals surface area contributed by atoms with Gasteiger partial charge in [0.25, 0.3) is 0 Å². The summed E-state index contributed by atoms with van der Waals surface area (Å²) in [6.45, 7) is 10.6. The van der Waals surface area contributed by atoms with Crippen LogP contribution in [0.2, 0.25) is 0 Å². The molecular formula is C36H46F2N2O9. The number of ether oxygens (including phenoxy) is 6. The lowest BCUT2D eigenvalue weighted by molar-refractivity contribution is -0.00198. The lowest BCUT2D eigenvalue weighted by atomic mass is 9.93. The number of carbonyl (C=O) groups is 3. The number of esters is 1. The van der Waals surface area contributed by atoms with Gasteiger partial charge < -0.3 is 38.7 Å². The van der Waals surface area contributed by atoms with E-state index in [1.54, 1.807) is 32.9 Å². The number of aromatic amines is 1. The molecule has 0 spiro atoms. The minimum absolute atomic E-state index is 0.0292. The van der Waals surface area contributed by atoms with Crippen LogP contribution in [-0.2, 0) is 34.8 Å². The summed E-state index contributed by atoms with van der Waals surface area (Å²) in [6, 6.07) is 8.90. The standard InChI is InChI=1S/C36H46F2N2O9/c1-24-28(37)12-13-29(38)30(24)31-27(34(42)44-5)23-40-32(31)33(41)26-10-8-25(9-11-26)7-6-15-45-17-19-47-21-22-48-20-18-46-16-14-39-35(43)49-36(2,3)4/h8-13,23,40H,6-7,14-22H2,1-5H3,(H,39,43). The van der Waals surface area contributed by atoms with Crippen LogP contribution < -0.4 is 5.32 Å². The third-order valence-electron chi connectivity index (χ3n) is 7.11. The molecule has 13 heteroatoms. The molecular weight excluding hydrogens is 642 g/mol. The number of nitrogens with one attached hydrogen (secondary N) is 2. The number of hydrogen-bond donors (Lipinski definition) is 2. The van der Waals surface area contributed by atoms with Crippen molar-refractivity contribution < 1.29 is 51.6 Å². The highest BCUT2D eigenvalue weighted by Gasteiger charge is 2.28. The second-order valence-corrected chi connectivity index (χ2v) is 12.0. The smallest absolute Gasteiger partial charge is 0.407 e. The van der Waals surface area contributed by atoms with E-state index >= 15 is 0 Å². The Labute approximate surface area is 285 Å². The zero-order chi connectivity index (χ0) is 35.8. The first-order valence-electron chi connectivity index (χ1n) is 16.1. The quantitative estimate of drug-likeness (QED) is 0.0857. The normalized spacial score (nSPS) is 11.4. The molecule has 2 aromatic carbocycles. The van der Waals surface area contributed by atoms with Gasteiger partial charge in [-0.3, -0.25) is 4.79 Å². The summed E-state index contributed by atoms with van der Waals surface area (Å²) in [5.74, 6) is -2.70. The third kappa shape index (κ3) is 12.7. The molecule has 0 bridgehead atoms. The highest BCUT2D eigenvalue weighted by atomic mass is 19.1. The van der Waals surface area contributed by atoms with Crippen LogP contribution in [0.5, 0.6) is 0 Å². The van der Waals surface area contributed by atoms with E-state index in [0.717, 1.165) is 30.5 Å². The molecule has 1 heterocycles. The van der Waals surface area contributed by atoms with E-state index in [9.17, 15) is 23.2 Å². The molecule has 1 aromatic heterocycles. The highest BCUT2D eigenvalue weighted by Crippen LogP contribution is 2.35. The van der Waals surface area contributed by atoms with Crippen LogP contribution in [0.4, 0.5) is 13.6 Å². The van der Waals surface area contributed by atoms with Gasteiger partial charge in [-0.05, 0) is 63.8 Å². The number of carbonyl (C=O) groups excluding carboxylic acids is 3. The molecule has 0 atom stereocenters. The highest BCUT2D eigenvalue weighted by molar-refractivity contribution is 6.15. The van der Waals surface area contributed by atoms with Gasteiger partial charge in [0.2, 0.25) is 5.78 Å². The zero-order valence-corrected chi connectivity index (χ0v) is 28.7. The van der Waals surface area contributed by atoms with E-state index in [1.807, 2.05) is 12.1 Å². The van der Waals surface area contributed by atoms with Crippen LogP contribution in [0.1, 0.15) is 64.7 Å². The van der Waals surface area contributed by atoms with Gasteiger partial charge >= 0.3 is 12.1 Å². The second kappa shape index (κ2) is 19.7. The maximum atomic E-state index is 14.9. The molecule has 2 N–H and O–H groups in total. The van der Waals surface area contributed by atoms with Crippen LogP contribution >= 0.6 is 0 Å². The molecule has 3 rings (SSSR count). The van der Waals surface area contributed by atoms with Gasteiger partial charge in [-0.1, -0.05) is 24.3 Å². The monoisotopic (exact) mass is 688 g/mol. The molecule has 0 unspecified atom stereocenters. The second-order valence-electron chi connectivity index (χ2n) is 12.0. The van der Waals surface area contributed by atoms with Crippen LogP contribution in [0, 0.1) is 18.6 Å². The van der Waals surface area contributed by atoms with Crippen molar-refractivity contribution in [2.24, 2.45) is 0 Å². The summed E-state index contributed by atoms with van der Waals surface area (Å²) < 4.78 is 61.3. The van der Waals surface area contributed by atoms with E-state index in [2.05, 4.69) is 10.3 Å². The predicted octanol–water partition coefficient (Wildman–Crippen LogP) is 5.81. The number of H-pyrrole nitrogens is 1. The van der Waals surface area contributed by atoms with Crippen molar-refractivity contribution in [2.75, 3.05) is 66.5 Å². The van der Waals surface area contributed by atoms with Crippen molar-refractivity contribution in [3.8, 4) is 11.1 Å². The fraction of sp³-hybridized carbons (Fsp3) is 0.472. The summed E-state index contributed by atoms with van der Waals surface area (Å²) in [5.41, 5.74) is 0.407. The number of aryl methyl sites for hydroxylation is 1. The molecule has 3 aromatic rings. The van der Waals surface area contributed by atoms with Crippen LogP contribution in [-0.4, -0.2) is 94.9 Å². The largest absolute Gasteiger partial charge is 0.465 e. The average Bonchev–Trinajstić information content (AvgIpc) is 3.49. The predicted molar refractivity (Wildman–Crippen MR) is 178 cm³/mol. The number of amides is 1. The Morgan fingerprint density at radius 1 is 0.776 bits per heavy atom. The molecule has 49 heavy (non-hydrogen) atoms. The minimum atomic E-state index is -0.784. The van der Waals surface area contributed by atoms with Gasteiger partial charge in [0.15, 0.2) is 0 Å². The molecule has 0 aliphatic rings. The molecule has 11 nitrogen and oxygen atoms in total. The first kappa shape index (κ1) is 39.3. The Kier molecular flexibility index (Phi) is 15.8. The van der Waals surface area contributed by atoms with Crippen LogP contribution in [0.25, 0.3) is 11.1 Å². The van der Waals surface area contributed by atoms with Gasteiger partial charge in [0, 0.05) is 36.0 Å². The summed E-state index contributed by atoms with van der Waals surface area (Å²) >= 11 is 0. The maximum absolute atomic E-state index is 14.9. The molecule has 0 radical (unpaired) electrons. The van der Waals surface area contributed by atoms with Crippen molar-refractivity contribution in [3.63, 3.8) is 0 Å². The summed E-state index contributed by atoms with van der Waals surface area (Å²) in [7, 11) is 1.17. The number of hydrogen-bond acceptors (Lipinski definition) is 9. The molecule has 0 aliphatic heterocycles. The third-order valence-corrected chi connectivity index (χ3v) is 7.11. The number of alkyl carbamates (subject to hydrolysis) is 1. The van der Waals surface area contributed by atoms with Crippen molar-refractivity contribution >= 4 is 17.8 Å². The summed E-state index contributed by atoms with van der Waals surface area (Å²) in [4.78, 5) is 40.2. The topological polar surface area (TPSA) is 134 Å². The Balaban J connectivity index is 1.32. The van der Waals surface area contributed by atoms with Gasteiger partial charge in [0.05, 0.1) is 64.6 Å². The Bertz CT molecular complexity index is 1520. The van der Waals surface area contributed by atoms with Crippen molar-refractivity contribution in [1.82, 2.24) is 10.3 Å². The van der Waals surface area contributed by atoms with E-state index in [0.29, 0.717) is 65.0 Å². The molecule has 0 fully saturated rings. The van der Waals surface area contributed by atoms with Gasteiger partial charge in [-0.2, -0.15) is 0 Å². The first-order valence-corrected chi connectivity index (χ1v) is 16.1. The summed E-state index contributed by atoms with van der Waals surface area (Å²) in [5, 5.41) is 2.62. The first-order chi connectivity index (χ1) is 23.4. The number of methoxy groups -OCH3 is 1. The molecule has 0 aliphatic carbocycles. The minimum Gasteiger partial charge on any atom is -0.465 e. The van der Waals surface area contributed by atoms with Crippen LogP contribution in [0.15, 0.2) is 42.6 Å². The van der Waals surface area contributed by atoms with Gasteiger partial charge in [-0.25, -0.2) is 18.4 Å². The van der Waals surface area contributed by atoms with Gasteiger partial charge in [0.1, 0.15) is 17.2 Å². The van der Waals surface area contributed by atoms with E-state index in [4.69, 9.17) is 28.4 Å².